The van der Waals surface area contributed by atoms with Crippen molar-refractivity contribution in [2.45, 2.75) is 6.92 Å². The van der Waals surface area contributed by atoms with Crippen molar-refractivity contribution < 1.29 is 9.21 Å². The van der Waals surface area contributed by atoms with E-state index in [-0.39, 0.29) is 10.9 Å². The molecule has 28 heavy (non-hydrogen) atoms. The minimum Gasteiger partial charge on any atom is -0.436 e. The largest absolute Gasteiger partial charge is 0.436 e. The minimum absolute atomic E-state index is 0.272. The summed E-state index contributed by atoms with van der Waals surface area (Å²) in [6.45, 7) is 1.98. The zero-order valence-corrected chi connectivity index (χ0v) is 16.9. The molecule has 1 N–H and O–H groups in total. The van der Waals surface area contributed by atoms with E-state index in [1.54, 1.807) is 30.3 Å². The predicted molar refractivity (Wildman–Crippen MR) is 114 cm³/mol. The maximum Gasteiger partial charge on any atom is 0.257 e. The Balaban J connectivity index is 1.67. The van der Waals surface area contributed by atoms with E-state index in [9.17, 15) is 4.79 Å². The molecular formula is C21H13Cl3N2O2. The molecule has 4 rings (SSSR count). The van der Waals surface area contributed by atoms with E-state index in [0.29, 0.717) is 38.3 Å². The van der Waals surface area contributed by atoms with Crippen molar-refractivity contribution in [3.8, 4) is 11.5 Å². The molecule has 0 bridgehead atoms. The van der Waals surface area contributed by atoms with Gasteiger partial charge in [-0.05, 0) is 61.0 Å². The van der Waals surface area contributed by atoms with E-state index in [0.717, 1.165) is 11.1 Å². The molecule has 0 spiro atoms. The van der Waals surface area contributed by atoms with E-state index in [4.69, 9.17) is 39.2 Å². The summed E-state index contributed by atoms with van der Waals surface area (Å²) >= 11 is 18.3. The van der Waals surface area contributed by atoms with Crippen LogP contribution in [0.4, 0.5) is 5.69 Å². The number of rotatable bonds is 3. The Kier molecular flexibility index (Phi) is 5.02. The van der Waals surface area contributed by atoms with Gasteiger partial charge in [-0.15, -0.1) is 0 Å². The average molecular weight is 432 g/mol. The summed E-state index contributed by atoms with van der Waals surface area (Å²) < 4.78 is 5.85. The van der Waals surface area contributed by atoms with Crippen LogP contribution in [0.25, 0.3) is 22.6 Å². The summed E-state index contributed by atoms with van der Waals surface area (Å²) in [5.41, 5.74) is 3.92. The van der Waals surface area contributed by atoms with Crippen molar-refractivity contribution in [1.29, 1.82) is 0 Å². The number of anilines is 1. The molecule has 0 fully saturated rings. The second kappa shape index (κ2) is 7.47. The highest BCUT2D eigenvalue weighted by Crippen LogP contribution is 2.33. The molecule has 0 radical (unpaired) electrons. The number of carbonyl (C=O) groups excluding carboxylic acids is 1. The standard InChI is InChI=1S/C21H13Cl3N2O2/c1-11-2-7-18-19(8-11)28-21(26-18)15-10-13(4-6-16(15)23)25-20(27)14-5-3-12(22)9-17(14)24/h2-10H,1H3,(H,25,27). The molecule has 0 saturated carbocycles. The molecule has 4 nitrogen and oxygen atoms in total. The summed E-state index contributed by atoms with van der Waals surface area (Å²) in [6.07, 6.45) is 0. The smallest absolute Gasteiger partial charge is 0.257 e. The fourth-order valence-corrected chi connectivity index (χ4v) is 3.48. The Morgan fingerprint density at radius 3 is 2.57 bits per heavy atom. The number of nitrogens with one attached hydrogen (secondary N) is 1. The average Bonchev–Trinajstić information content (AvgIpc) is 3.06. The third kappa shape index (κ3) is 3.72. The van der Waals surface area contributed by atoms with Crippen molar-refractivity contribution in [2.75, 3.05) is 5.32 Å². The molecular weight excluding hydrogens is 419 g/mol. The van der Waals surface area contributed by atoms with Gasteiger partial charge in [0, 0.05) is 10.7 Å². The number of halogens is 3. The van der Waals surface area contributed by atoms with Crippen molar-refractivity contribution in [3.05, 3.63) is 80.8 Å². The number of aryl methyl sites for hydroxylation is 1. The van der Waals surface area contributed by atoms with Crippen molar-refractivity contribution in [2.24, 2.45) is 0 Å². The van der Waals surface area contributed by atoms with Gasteiger partial charge in [0.1, 0.15) is 5.52 Å². The Labute approximate surface area is 176 Å². The summed E-state index contributed by atoms with van der Waals surface area (Å²) in [4.78, 5) is 17.0. The fourth-order valence-electron chi connectivity index (χ4n) is 2.79. The van der Waals surface area contributed by atoms with Gasteiger partial charge in [-0.3, -0.25) is 4.79 Å². The first kappa shape index (κ1) is 18.8. The van der Waals surface area contributed by atoms with E-state index >= 15 is 0 Å². The van der Waals surface area contributed by atoms with Crippen LogP contribution in [0.1, 0.15) is 15.9 Å². The monoisotopic (exact) mass is 430 g/mol. The summed E-state index contributed by atoms with van der Waals surface area (Å²) in [5, 5.41) is 4.00. The zero-order chi connectivity index (χ0) is 19.8. The highest BCUT2D eigenvalue weighted by molar-refractivity contribution is 6.37. The van der Waals surface area contributed by atoms with Gasteiger partial charge in [0.15, 0.2) is 5.58 Å². The van der Waals surface area contributed by atoms with Crippen LogP contribution in [0.15, 0.2) is 59.0 Å². The third-order valence-corrected chi connectivity index (χ3v) is 5.05. The van der Waals surface area contributed by atoms with Crippen LogP contribution in [0.2, 0.25) is 15.1 Å². The molecule has 4 aromatic rings. The SMILES string of the molecule is Cc1ccc2nc(-c3cc(NC(=O)c4ccc(Cl)cc4Cl)ccc3Cl)oc2c1. The van der Waals surface area contributed by atoms with Crippen LogP contribution in [0.5, 0.6) is 0 Å². The van der Waals surface area contributed by atoms with Crippen LogP contribution in [0, 0.1) is 6.92 Å². The number of hydrogen-bond acceptors (Lipinski definition) is 3. The van der Waals surface area contributed by atoms with E-state index < -0.39 is 0 Å². The van der Waals surface area contributed by atoms with Crippen LogP contribution in [-0.4, -0.2) is 10.9 Å². The van der Waals surface area contributed by atoms with E-state index in [1.165, 1.54) is 6.07 Å². The second-order valence-corrected chi connectivity index (χ2v) is 7.51. The minimum atomic E-state index is -0.358. The van der Waals surface area contributed by atoms with Gasteiger partial charge in [0.25, 0.3) is 5.91 Å². The molecule has 1 aromatic heterocycles. The number of fused-ring (bicyclic) bond motifs is 1. The first-order valence-corrected chi connectivity index (χ1v) is 9.47. The summed E-state index contributed by atoms with van der Waals surface area (Å²) in [5.74, 6) is 0.0225. The zero-order valence-electron chi connectivity index (χ0n) is 14.6. The number of aromatic nitrogens is 1. The molecule has 7 heteroatoms. The van der Waals surface area contributed by atoms with Gasteiger partial charge < -0.3 is 9.73 Å². The molecule has 140 valence electrons. The lowest BCUT2D eigenvalue weighted by Gasteiger charge is -2.09. The number of carbonyl (C=O) groups is 1. The Morgan fingerprint density at radius 1 is 0.964 bits per heavy atom. The van der Waals surface area contributed by atoms with Gasteiger partial charge in [0.05, 0.1) is 21.2 Å². The number of hydrogen-bond donors (Lipinski definition) is 1. The molecule has 1 amide bonds. The molecule has 0 unspecified atom stereocenters. The maximum atomic E-state index is 12.5. The number of nitrogens with zero attached hydrogens (tertiary/aromatic N) is 1. The molecule has 3 aromatic carbocycles. The molecule has 0 aliphatic heterocycles. The van der Waals surface area contributed by atoms with Crippen molar-refractivity contribution in [1.82, 2.24) is 4.98 Å². The molecule has 0 saturated heterocycles. The Hall–Kier alpha value is -2.53. The summed E-state index contributed by atoms with van der Waals surface area (Å²) in [6, 6.07) is 15.5. The third-order valence-electron chi connectivity index (χ3n) is 4.17. The molecule has 0 atom stereocenters. The topological polar surface area (TPSA) is 55.1 Å². The quantitative estimate of drug-likeness (QED) is 0.379. The van der Waals surface area contributed by atoms with E-state index in [1.807, 2.05) is 25.1 Å². The van der Waals surface area contributed by atoms with Crippen LogP contribution in [0.3, 0.4) is 0 Å². The number of benzene rings is 3. The highest BCUT2D eigenvalue weighted by Gasteiger charge is 2.15. The number of amides is 1. The second-order valence-electron chi connectivity index (χ2n) is 6.26. The molecule has 0 aliphatic carbocycles. The number of oxazole rings is 1. The lowest BCUT2D eigenvalue weighted by molar-refractivity contribution is 0.102. The predicted octanol–water partition coefficient (Wildman–Crippen LogP) is 7.02. The maximum absolute atomic E-state index is 12.5. The van der Waals surface area contributed by atoms with Crippen LogP contribution >= 0.6 is 34.8 Å². The Bertz CT molecular complexity index is 1220. The van der Waals surface area contributed by atoms with Crippen LogP contribution in [-0.2, 0) is 0 Å². The van der Waals surface area contributed by atoms with Crippen molar-refractivity contribution in [3.63, 3.8) is 0 Å². The van der Waals surface area contributed by atoms with Gasteiger partial charge in [-0.2, -0.15) is 0 Å². The lowest BCUT2D eigenvalue weighted by Crippen LogP contribution is -2.12. The first-order chi connectivity index (χ1) is 13.4. The molecule has 1 heterocycles. The first-order valence-electron chi connectivity index (χ1n) is 8.34. The van der Waals surface area contributed by atoms with E-state index in [2.05, 4.69) is 10.3 Å². The summed E-state index contributed by atoms with van der Waals surface area (Å²) in [7, 11) is 0. The van der Waals surface area contributed by atoms with Gasteiger partial charge >= 0.3 is 0 Å². The normalized spacial score (nSPS) is 11.0. The highest BCUT2D eigenvalue weighted by atomic mass is 35.5. The lowest BCUT2D eigenvalue weighted by atomic mass is 10.1. The van der Waals surface area contributed by atoms with Gasteiger partial charge in [-0.1, -0.05) is 40.9 Å². The van der Waals surface area contributed by atoms with Crippen molar-refractivity contribution >= 4 is 57.5 Å². The fraction of sp³-hybridized carbons (Fsp3) is 0.0476. The molecule has 0 aliphatic rings. The van der Waals surface area contributed by atoms with Gasteiger partial charge in [-0.25, -0.2) is 4.98 Å². The van der Waals surface area contributed by atoms with Crippen LogP contribution < -0.4 is 5.32 Å². The Morgan fingerprint density at radius 2 is 1.79 bits per heavy atom. The van der Waals surface area contributed by atoms with Gasteiger partial charge in [0.2, 0.25) is 5.89 Å².